The zero-order valence-electron chi connectivity index (χ0n) is 12.6. The van der Waals surface area contributed by atoms with Gasteiger partial charge in [-0.3, -0.25) is 0 Å². The number of carbonyl (C=O) groups is 1. The largest absolute Gasteiger partial charge is 0.444 e. The Morgan fingerprint density at radius 3 is 2.38 bits per heavy atom. The van der Waals surface area contributed by atoms with Crippen molar-refractivity contribution < 1.29 is 9.53 Å². The molecule has 0 saturated carbocycles. The second kappa shape index (κ2) is 7.87. The Morgan fingerprint density at radius 2 is 1.86 bits per heavy atom. The first-order chi connectivity index (χ1) is 9.65. The lowest BCUT2D eigenvalue weighted by atomic mass is 10.0. The van der Waals surface area contributed by atoms with Crippen LogP contribution in [0.2, 0.25) is 10.0 Å². The van der Waals surface area contributed by atoms with Crippen molar-refractivity contribution in [3.8, 4) is 0 Å². The number of halogens is 2. The standard InChI is InChI=1S/C15H22Cl2N2O2/c1-15(2,3)21-14(20)19-5-4-13(18)8-10-6-11(16)9-12(17)7-10/h6-7,9,13H,4-5,8,18H2,1-3H3,(H,19,20). The number of benzene rings is 1. The lowest BCUT2D eigenvalue weighted by Gasteiger charge is -2.20. The van der Waals surface area contributed by atoms with Gasteiger partial charge in [-0.1, -0.05) is 23.2 Å². The van der Waals surface area contributed by atoms with Gasteiger partial charge >= 0.3 is 6.09 Å². The summed E-state index contributed by atoms with van der Waals surface area (Å²) >= 11 is 11.9. The molecule has 0 heterocycles. The molecule has 1 unspecified atom stereocenters. The van der Waals surface area contributed by atoms with Gasteiger partial charge in [-0.2, -0.15) is 0 Å². The predicted octanol–water partition coefficient (Wildman–Crippen LogP) is 3.78. The summed E-state index contributed by atoms with van der Waals surface area (Å²) in [7, 11) is 0. The molecule has 6 heteroatoms. The number of rotatable bonds is 5. The van der Waals surface area contributed by atoms with Crippen LogP contribution in [0.3, 0.4) is 0 Å². The van der Waals surface area contributed by atoms with Gasteiger partial charge in [0.25, 0.3) is 0 Å². The van der Waals surface area contributed by atoms with Crippen LogP contribution in [0, 0.1) is 0 Å². The van der Waals surface area contributed by atoms with E-state index in [1.54, 1.807) is 6.07 Å². The fourth-order valence-corrected chi connectivity index (χ4v) is 2.38. The highest BCUT2D eigenvalue weighted by atomic mass is 35.5. The van der Waals surface area contributed by atoms with Crippen molar-refractivity contribution >= 4 is 29.3 Å². The van der Waals surface area contributed by atoms with E-state index in [4.69, 9.17) is 33.7 Å². The highest BCUT2D eigenvalue weighted by molar-refractivity contribution is 6.34. The molecule has 0 aliphatic rings. The molecular weight excluding hydrogens is 311 g/mol. The number of hydrogen-bond acceptors (Lipinski definition) is 3. The van der Waals surface area contributed by atoms with Gasteiger partial charge in [-0.25, -0.2) is 4.79 Å². The van der Waals surface area contributed by atoms with E-state index < -0.39 is 11.7 Å². The maximum absolute atomic E-state index is 11.5. The van der Waals surface area contributed by atoms with Crippen LogP contribution in [0.4, 0.5) is 4.79 Å². The monoisotopic (exact) mass is 332 g/mol. The molecule has 1 amide bonds. The fraction of sp³-hybridized carbons (Fsp3) is 0.533. The summed E-state index contributed by atoms with van der Waals surface area (Å²) in [4.78, 5) is 11.5. The lowest BCUT2D eigenvalue weighted by Crippen LogP contribution is -2.35. The summed E-state index contributed by atoms with van der Waals surface area (Å²) < 4.78 is 5.14. The molecule has 0 radical (unpaired) electrons. The van der Waals surface area contributed by atoms with E-state index >= 15 is 0 Å². The van der Waals surface area contributed by atoms with Crippen LogP contribution in [-0.2, 0) is 11.2 Å². The molecular formula is C15H22Cl2N2O2. The van der Waals surface area contributed by atoms with E-state index in [1.165, 1.54) is 0 Å². The zero-order valence-corrected chi connectivity index (χ0v) is 14.1. The molecule has 0 aromatic heterocycles. The quantitative estimate of drug-likeness (QED) is 0.862. The number of carbonyl (C=O) groups excluding carboxylic acids is 1. The molecule has 1 atom stereocenters. The summed E-state index contributed by atoms with van der Waals surface area (Å²) in [5.74, 6) is 0. The van der Waals surface area contributed by atoms with Crippen LogP contribution in [0.25, 0.3) is 0 Å². The first-order valence-corrected chi connectivity index (χ1v) is 7.59. The number of nitrogens with two attached hydrogens (primary N) is 1. The van der Waals surface area contributed by atoms with Crippen molar-refractivity contribution in [1.82, 2.24) is 5.32 Å². The average Bonchev–Trinajstić information content (AvgIpc) is 2.24. The minimum Gasteiger partial charge on any atom is -0.444 e. The number of amides is 1. The third-order valence-corrected chi connectivity index (χ3v) is 3.04. The fourth-order valence-electron chi connectivity index (χ4n) is 1.81. The Kier molecular flexibility index (Phi) is 6.78. The third kappa shape index (κ3) is 8.15. The van der Waals surface area contributed by atoms with Gasteiger partial charge in [0.1, 0.15) is 5.60 Å². The van der Waals surface area contributed by atoms with Gasteiger partial charge in [0.05, 0.1) is 0 Å². The number of alkyl carbamates (subject to hydrolysis) is 1. The zero-order chi connectivity index (χ0) is 16.0. The van der Waals surface area contributed by atoms with Crippen LogP contribution < -0.4 is 11.1 Å². The molecule has 1 rings (SSSR count). The predicted molar refractivity (Wildman–Crippen MR) is 87.0 cm³/mol. The van der Waals surface area contributed by atoms with Crippen molar-refractivity contribution in [2.24, 2.45) is 5.73 Å². The van der Waals surface area contributed by atoms with Crippen LogP contribution >= 0.6 is 23.2 Å². The summed E-state index contributed by atoms with van der Waals surface area (Å²) in [6, 6.07) is 5.28. The van der Waals surface area contributed by atoms with Crippen molar-refractivity contribution in [2.45, 2.75) is 45.3 Å². The first kappa shape index (κ1) is 18.1. The van der Waals surface area contributed by atoms with Crippen LogP contribution in [-0.4, -0.2) is 24.3 Å². The van der Waals surface area contributed by atoms with Crippen molar-refractivity contribution in [3.05, 3.63) is 33.8 Å². The van der Waals surface area contributed by atoms with E-state index in [0.717, 1.165) is 5.56 Å². The molecule has 0 aliphatic carbocycles. The number of ether oxygens (including phenoxy) is 1. The molecule has 118 valence electrons. The molecule has 3 N–H and O–H groups in total. The lowest BCUT2D eigenvalue weighted by molar-refractivity contribution is 0.0526. The molecule has 0 bridgehead atoms. The Bertz CT molecular complexity index is 467. The first-order valence-electron chi connectivity index (χ1n) is 6.83. The molecule has 1 aromatic carbocycles. The Balaban J connectivity index is 2.34. The van der Waals surface area contributed by atoms with Gasteiger partial charge in [-0.05, 0) is 57.4 Å². The summed E-state index contributed by atoms with van der Waals surface area (Å²) in [5, 5.41) is 3.87. The van der Waals surface area contributed by atoms with Gasteiger partial charge < -0.3 is 15.8 Å². The van der Waals surface area contributed by atoms with E-state index in [0.29, 0.717) is 29.4 Å². The normalized spacial score (nSPS) is 12.9. The van der Waals surface area contributed by atoms with E-state index in [1.807, 2.05) is 32.9 Å². The van der Waals surface area contributed by atoms with Crippen molar-refractivity contribution in [3.63, 3.8) is 0 Å². The summed E-state index contributed by atoms with van der Waals surface area (Å²) in [6.07, 6.45) is 0.861. The topological polar surface area (TPSA) is 64.3 Å². The molecule has 0 aliphatic heterocycles. The van der Waals surface area contributed by atoms with Gasteiger partial charge in [-0.15, -0.1) is 0 Å². The molecule has 0 spiro atoms. The Labute approximate surface area is 135 Å². The second-order valence-corrected chi connectivity index (χ2v) is 6.83. The smallest absolute Gasteiger partial charge is 0.407 e. The van der Waals surface area contributed by atoms with Crippen LogP contribution in [0.1, 0.15) is 32.8 Å². The number of hydrogen-bond donors (Lipinski definition) is 2. The maximum atomic E-state index is 11.5. The van der Waals surface area contributed by atoms with Crippen molar-refractivity contribution in [2.75, 3.05) is 6.54 Å². The molecule has 21 heavy (non-hydrogen) atoms. The summed E-state index contributed by atoms with van der Waals surface area (Å²) in [5.41, 5.74) is 6.53. The second-order valence-electron chi connectivity index (χ2n) is 5.96. The van der Waals surface area contributed by atoms with E-state index in [-0.39, 0.29) is 6.04 Å². The third-order valence-electron chi connectivity index (χ3n) is 2.60. The Morgan fingerprint density at radius 1 is 1.29 bits per heavy atom. The molecule has 4 nitrogen and oxygen atoms in total. The van der Waals surface area contributed by atoms with Gasteiger partial charge in [0.2, 0.25) is 0 Å². The molecule has 0 fully saturated rings. The van der Waals surface area contributed by atoms with E-state index in [9.17, 15) is 4.79 Å². The molecule has 0 saturated heterocycles. The number of nitrogens with one attached hydrogen (secondary N) is 1. The highest BCUT2D eigenvalue weighted by Gasteiger charge is 2.15. The van der Waals surface area contributed by atoms with Crippen LogP contribution in [0.5, 0.6) is 0 Å². The van der Waals surface area contributed by atoms with Crippen molar-refractivity contribution in [1.29, 1.82) is 0 Å². The van der Waals surface area contributed by atoms with Crippen LogP contribution in [0.15, 0.2) is 18.2 Å². The van der Waals surface area contributed by atoms with E-state index in [2.05, 4.69) is 5.32 Å². The summed E-state index contributed by atoms with van der Waals surface area (Å²) in [6.45, 7) is 5.92. The van der Waals surface area contributed by atoms with Gasteiger partial charge in [0.15, 0.2) is 0 Å². The SMILES string of the molecule is CC(C)(C)OC(=O)NCCC(N)Cc1cc(Cl)cc(Cl)c1. The molecule has 1 aromatic rings. The average molecular weight is 333 g/mol. The maximum Gasteiger partial charge on any atom is 0.407 e. The highest BCUT2D eigenvalue weighted by Crippen LogP contribution is 2.20. The minimum atomic E-state index is -0.496. The minimum absolute atomic E-state index is 0.0885. The van der Waals surface area contributed by atoms with Gasteiger partial charge in [0, 0.05) is 22.6 Å². The Hall–Kier alpha value is -0.970.